The van der Waals surface area contributed by atoms with Crippen molar-refractivity contribution in [1.29, 1.82) is 0 Å². The summed E-state index contributed by atoms with van der Waals surface area (Å²) in [6.07, 6.45) is 7.83. The molecule has 114 valence electrons. The van der Waals surface area contributed by atoms with Crippen LogP contribution < -0.4 is 5.32 Å². The van der Waals surface area contributed by atoms with Gasteiger partial charge in [0.2, 0.25) is 0 Å². The van der Waals surface area contributed by atoms with E-state index < -0.39 is 0 Å². The first-order valence-corrected chi connectivity index (χ1v) is 8.13. The number of aromatic amines is 1. The van der Waals surface area contributed by atoms with E-state index >= 15 is 0 Å². The first-order valence-electron chi connectivity index (χ1n) is 8.13. The third-order valence-corrected chi connectivity index (χ3v) is 4.67. The number of fused-ring (bicyclic) bond motifs is 1. The quantitative estimate of drug-likeness (QED) is 0.765. The predicted molar refractivity (Wildman–Crippen MR) is 85.0 cm³/mol. The number of nitrogens with zero attached hydrogens (tertiary/aromatic N) is 1. The second kappa shape index (κ2) is 7.05. The van der Waals surface area contributed by atoms with E-state index in [2.05, 4.69) is 21.6 Å². The van der Waals surface area contributed by atoms with Gasteiger partial charge in [-0.05, 0) is 18.4 Å². The zero-order chi connectivity index (χ0) is 14.5. The summed E-state index contributed by atoms with van der Waals surface area (Å²) in [5.74, 6) is 0.780. The van der Waals surface area contributed by atoms with Gasteiger partial charge in [-0.15, -0.1) is 0 Å². The zero-order valence-corrected chi connectivity index (χ0v) is 12.5. The maximum atomic E-state index is 9.61. The zero-order valence-electron chi connectivity index (χ0n) is 12.5. The molecule has 0 aliphatic heterocycles. The Bertz CT molecular complexity index is 560. The molecular formula is C17H25N3O. The Kier molecular flexibility index (Phi) is 4.88. The number of benzene rings is 1. The first kappa shape index (κ1) is 14.5. The van der Waals surface area contributed by atoms with Crippen LogP contribution in [0.2, 0.25) is 0 Å². The highest BCUT2D eigenvalue weighted by molar-refractivity contribution is 5.81. The number of para-hydroxylation sites is 1. The number of aliphatic hydroxyl groups is 1. The van der Waals surface area contributed by atoms with Gasteiger partial charge in [-0.25, -0.2) is 0 Å². The van der Waals surface area contributed by atoms with E-state index in [4.69, 9.17) is 0 Å². The van der Waals surface area contributed by atoms with E-state index in [1.807, 2.05) is 18.2 Å². The maximum Gasteiger partial charge on any atom is 0.0924 e. The van der Waals surface area contributed by atoms with Crippen molar-refractivity contribution in [3.8, 4) is 0 Å². The molecule has 2 aromatic rings. The van der Waals surface area contributed by atoms with E-state index in [1.165, 1.54) is 37.5 Å². The molecule has 1 saturated carbocycles. The number of hydrogen-bond donors (Lipinski definition) is 3. The molecule has 4 heteroatoms. The number of aliphatic hydroxyl groups excluding tert-OH is 1. The molecule has 21 heavy (non-hydrogen) atoms. The number of aromatic nitrogens is 2. The van der Waals surface area contributed by atoms with Crippen LogP contribution in [0.1, 0.15) is 44.2 Å². The SMILES string of the molecule is OCC(CC1CCCCC1)NCc1[nH]nc2ccccc12. The summed E-state index contributed by atoms with van der Waals surface area (Å²) in [4.78, 5) is 0. The Morgan fingerprint density at radius 2 is 2.05 bits per heavy atom. The Morgan fingerprint density at radius 1 is 1.24 bits per heavy atom. The van der Waals surface area contributed by atoms with Crippen molar-refractivity contribution in [1.82, 2.24) is 15.5 Å². The molecule has 0 amide bonds. The standard InChI is InChI=1S/C17H25N3O/c21-12-14(10-13-6-2-1-3-7-13)18-11-17-15-8-4-5-9-16(15)19-20-17/h4-5,8-9,13-14,18,21H,1-3,6-7,10-12H2,(H,19,20). The smallest absolute Gasteiger partial charge is 0.0924 e. The lowest BCUT2D eigenvalue weighted by molar-refractivity contribution is 0.203. The minimum atomic E-state index is 0.190. The predicted octanol–water partition coefficient (Wildman–Crippen LogP) is 2.98. The van der Waals surface area contributed by atoms with Crippen LogP contribution in [0.15, 0.2) is 24.3 Å². The van der Waals surface area contributed by atoms with Crippen molar-refractivity contribution in [3.63, 3.8) is 0 Å². The Labute approximate surface area is 125 Å². The molecule has 1 atom stereocenters. The molecule has 0 bridgehead atoms. The van der Waals surface area contributed by atoms with Gasteiger partial charge in [-0.2, -0.15) is 5.10 Å². The maximum absolute atomic E-state index is 9.61. The third kappa shape index (κ3) is 3.63. The van der Waals surface area contributed by atoms with E-state index in [-0.39, 0.29) is 12.6 Å². The molecule has 3 N–H and O–H groups in total. The highest BCUT2D eigenvalue weighted by atomic mass is 16.3. The number of hydrogen-bond acceptors (Lipinski definition) is 3. The molecule has 4 nitrogen and oxygen atoms in total. The lowest BCUT2D eigenvalue weighted by atomic mass is 9.85. The molecule has 1 unspecified atom stereocenters. The molecule has 1 fully saturated rings. The fourth-order valence-corrected chi connectivity index (χ4v) is 3.44. The van der Waals surface area contributed by atoms with E-state index in [0.29, 0.717) is 0 Å². The minimum absolute atomic E-state index is 0.190. The summed E-state index contributed by atoms with van der Waals surface area (Å²) in [6.45, 7) is 0.945. The monoisotopic (exact) mass is 287 g/mol. The van der Waals surface area contributed by atoms with E-state index in [0.717, 1.165) is 30.1 Å². The molecule has 1 aliphatic carbocycles. The summed E-state index contributed by atoms with van der Waals surface area (Å²) in [5.41, 5.74) is 2.11. The molecule has 0 saturated heterocycles. The summed E-state index contributed by atoms with van der Waals surface area (Å²) < 4.78 is 0. The highest BCUT2D eigenvalue weighted by Gasteiger charge is 2.18. The van der Waals surface area contributed by atoms with Crippen LogP contribution in [-0.4, -0.2) is 28.0 Å². The van der Waals surface area contributed by atoms with Crippen LogP contribution in [0.4, 0.5) is 0 Å². The van der Waals surface area contributed by atoms with Crippen LogP contribution in [0.3, 0.4) is 0 Å². The van der Waals surface area contributed by atoms with Gasteiger partial charge in [-0.3, -0.25) is 5.10 Å². The van der Waals surface area contributed by atoms with Crippen molar-refractivity contribution in [2.24, 2.45) is 5.92 Å². The van der Waals surface area contributed by atoms with Gasteiger partial charge in [0.15, 0.2) is 0 Å². The number of H-pyrrole nitrogens is 1. The summed E-state index contributed by atoms with van der Waals surface area (Å²) in [5, 5.41) is 21.7. The normalized spacial score (nSPS) is 18.1. The van der Waals surface area contributed by atoms with Gasteiger partial charge in [0.05, 0.1) is 17.8 Å². The van der Waals surface area contributed by atoms with Crippen LogP contribution in [0.5, 0.6) is 0 Å². The number of nitrogens with one attached hydrogen (secondary N) is 2. The molecule has 0 spiro atoms. The average molecular weight is 287 g/mol. The van der Waals surface area contributed by atoms with E-state index in [1.54, 1.807) is 0 Å². The molecular weight excluding hydrogens is 262 g/mol. The van der Waals surface area contributed by atoms with Crippen LogP contribution in [0, 0.1) is 5.92 Å². The Balaban J connectivity index is 1.57. The lowest BCUT2D eigenvalue weighted by Gasteiger charge is -2.26. The largest absolute Gasteiger partial charge is 0.395 e. The van der Waals surface area contributed by atoms with Gasteiger partial charge in [0.1, 0.15) is 0 Å². The van der Waals surface area contributed by atoms with E-state index in [9.17, 15) is 5.11 Å². The molecule has 1 aromatic carbocycles. The molecule has 3 rings (SSSR count). The summed E-state index contributed by atoms with van der Waals surface area (Å²) in [6, 6.07) is 8.33. The summed E-state index contributed by atoms with van der Waals surface area (Å²) >= 11 is 0. The van der Waals surface area contributed by atoms with Crippen molar-refractivity contribution < 1.29 is 5.11 Å². The lowest BCUT2D eigenvalue weighted by Crippen LogP contribution is -2.34. The molecule has 1 aliphatic rings. The van der Waals surface area contributed by atoms with Crippen LogP contribution >= 0.6 is 0 Å². The van der Waals surface area contributed by atoms with Gasteiger partial charge < -0.3 is 10.4 Å². The van der Waals surface area contributed by atoms with Crippen LogP contribution in [0.25, 0.3) is 10.9 Å². The van der Waals surface area contributed by atoms with Crippen molar-refractivity contribution in [2.75, 3.05) is 6.61 Å². The fourth-order valence-electron chi connectivity index (χ4n) is 3.44. The van der Waals surface area contributed by atoms with Crippen molar-refractivity contribution >= 4 is 10.9 Å². The fraction of sp³-hybridized carbons (Fsp3) is 0.588. The average Bonchev–Trinajstić information content (AvgIpc) is 2.96. The first-order chi connectivity index (χ1) is 10.4. The Hall–Kier alpha value is -1.39. The van der Waals surface area contributed by atoms with Crippen molar-refractivity contribution in [2.45, 2.75) is 51.1 Å². The van der Waals surface area contributed by atoms with Gasteiger partial charge >= 0.3 is 0 Å². The molecule has 0 radical (unpaired) electrons. The topological polar surface area (TPSA) is 60.9 Å². The van der Waals surface area contributed by atoms with Gasteiger partial charge in [0, 0.05) is 18.0 Å². The van der Waals surface area contributed by atoms with Gasteiger partial charge in [-0.1, -0.05) is 50.3 Å². The molecule has 1 aromatic heterocycles. The number of rotatable bonds is 6. The highest BCUT2D eigenvalue weighted by Crippen LogP contribution is 2.27. The second-order valence-corrected chi connectivity index (χ2v) is 6.22. The minimum Gasteiger partial charge on any atom is -0.395 e. The molecule has 1 heterocycles. The van der Waals surface area contributed by atoms with Crippen molar-refractivity contribution in [3.05, 3.63) is 30.0 Å². The second-order valence-electron chi connectivity index (χ2n) is 6.22. The van der Waals surface area contributed by atoms with Crippen LogP contribution in [-0.2, 0) is 6.54 Å². The Morgan fingerprint density at radius 3 is 2.86 bits per heavy atom. The van der Waals surface area contributed by atoms with Gasteiger partial charge in [0.25, 0.3) is 0 Å². The third-order valence-electron chi connectivity index (χ3n) is 4.67. The summed E-state index contributed by atoms with van der Waals surface area (Å²) in [7, 11) is 0.